The highest BCUT2D eigenvalue weighted by Gasteiger charge is 2.02. The Balaban J connectivity index is 1.98. The van der Waals surface area contributed by atoms with Crippen LogP contribution < -0.4 is 5.32 Å². The molecule has 98 valence electrons. The standard InChI is InChI=1S/C12H25N5/c1-11(2)16(3)8-6-5-7-13-9-12-10-17(4)15-14-12/h10-11,13H,5-9H2,1-4H3. The first-order chi connectivity index (χ1) is 8.09. The molecule has 0 aliphatic heterocycles. The van der Waals surface area contributed by atoms with Gasteiger partial charge in [0.25, 0.3) is 0 Å². The summed E-state index contributed by atoms with van der Waals surface area (Å²) in [5.41, 5.74) is 1.01. The number of aryl methyl sites for hydroxylation is 1. The summed E-state index contributed by atoms with van der Waals surface area (Å²) in [6, 6.07) is 0.641. The Kier molecular flexibility index (Phi) is 6.15. The molecule has 0 radical (unpaired) electrons. The zero-order valence-corrected chi connectivity index (χ0v) is 11.5. The second kappa shape index (κ2) is 7.40. The minimum absolute atomic E-state index is 0.641. The van der Waals surface area contributed by atoms with E-state index < -0.39 is 0 Å². The normalized spacial score (nSPS) is 11.6. The van der Waals surface area contributed by atoms with Crippen molar-refractivity contribution in [2.24, 2.45) is 7.05 Å². The van der Waals surface area contributed by atoms with E-state index in [9.17, 15) is 0 Å². The minimum Gasteiger partial charge on any atom is -0.311 e. The van der Waals surface area contributed by atoms with Crippen LogP contribution in [0.4, 0.5) is 0 Å². The van der Waals surface area contributed by atoms with Crippen LogP contribution in [0.3, 0.4) is 0 Å². The molecule has 5 heteroatoms. The number of hydrogen-bond acceptors (Lipinski definition) is 4. The van der Waals surface area contributed by atoms with Crippen LogP contribution >= 0.6 is 0 Å². The third-order valence-corrected chi connectivity index (χ3v) is 2.95. The summed E-state index contributed by atoms with van der Waals surface area (Å²) < 4.78 is 1.73. The predicted octanol–water partition coefficient (Wildman–Crippen LogP) is 1.03. The Morgan fingerprint density at radius 3 is 2.76 bits per heavy atom. The van der Waals surface area contributed by atoms with E-state index in [0.29, 0.717) is 6.04 Å². The second-order valence-corrected chi connectivity index (χ2v) is 4.84. The van der Waals surface area contributed by atoms with Gasteiger partial charge < -0.3 is 10.2 Å². The van der Waals surface area contributed by atoms with Crippen LogP contribution in [-0.2, 0) is 13.6 Å². The molecule has 0 aliphatic carbocycles. The van der Waals surface area contributed by atoms with Gasteiger partial charge in [-0.15, -0.1) is 5.10 Å². The van der Waals surface area contributed by atoms with Gasteiger partial charge in [0.05, 0.1) is 5.69 Å². The summed E-state index contributed by atoms with van der Waals surface area (Å²) in [6.07, 6.45) is 4.39. The number of nitrogens with one attached hydrogen (secondary N) is 1. The van der Waals surface area contributed by atoms with Crippen LogP contribution in [-0.4, -0.2) is 46.1 Å². The Labute approximate surface area is 104 Å². The summed E-state index contributed by atoms with van der Waals surface area (Å²) >= 11 is 0. The van der Waals surface area contributed by atoms with E-state index in [4.69, 9.17) is 0 Å². The Morgan fingerprint density at radius 1 is 1.41 bits per heavy atom. The summed E-state index contributed by atoms with van der Waals surface area (Å²) in [5, 5.41) is 11.3. The zero-order chi connectivity index (χ0) is 12.7. The van der Waals surface area contributed by atoms with E-state index in [0.717, 1.165) is 18.8 Å². The molecule has 17 heavy (non-hydrogen) atoms. The van der Waals surface area contributed by atoms with Crippen LogP contribution in [0.5, 0.6) is 0 Å². The molecule has 0 unspecified atom stereocenters. The smallest absolute Gasteiger partial charge is 0.0964 e. The molecule has 0 atom stereocenters. The van der Waals surface area contributed by atoms with E-state index in [1.807, 2.05) is 13.2 Å². The van der Waals surface area contributed by atoms with Crippen LogP contribution in [0.25, 0.3) is 0 Å². The van der Waals surface area contributed by atoms with Crippen molar-refractivity contribution in [2.45, 2.75) is 39.3 Å². The van der Waals surface area contributed by atoms with Gasteiger partial charge in [-0.25, -0.2) is 0 Å². The highest BCUT2D eigenvalue weighted by atomic mass is 15.4. The maximum Gasteiger partial charge on any atom is 0.0964 e. The SMILES string of the molecule is CC(C)N(C)CCCCNCc1cn(C)nn1. The molecule has 0 amide bonds. The summed E-state index contributed by atoms with van der Waals surface area (Å²) in [6.45, 7) is 7.49. The number of hydrogen-bond donors (Lipinski definition) is 1. The van der Waals surface area contributed by atoms with Crippen molar-refractivity contribution in [3.8, 4) is 0 Å². The highest BCUT2D eigenvalue weighted by molar-refractivity contribution is 4.90. The lowest BCUT2D eigenvalue weighted by Crippen LogP contribution is -2.27. The predicted molar refractivity (Wildman–Crippen MR) is 69.7 cm³/mol. The average molecular weight is 239 g/mol. The molecule has 1 N–H and O–H groups in total. The first-order valence-corrected chi connectivity index (χ1v) is 6.35. The van der Waals surface area contributed by atoms with Gasteiger partial charge in [0.2, 0.25) is 0 Å². The fraction of sp³-hybridized carbons (Fsp3) is 0.833. The van der Waals surface area contributed by atoms with E-state index >= 15 is 0 Å². The number of aromatic nitrogens is 3. The van der Waals surface area contributed by atoms with Gasteiger partial charge in [0, 0.05) is 25.8 Å². The topological polar surface area (TPSA) is 46.0 Å². The molecule has 0 bridgehead atoms. The van der Waals surface area contributed by atoms with Gasteiger partial charge in [-0.2, -0.15) is 0 Å². The molecule has 0 spiro atoms. The monoisotopic (exact) mass is 239 g/mol. The fourth-order valence-corrected chi connectivity index (χ4v) is 1.56. The summed E-state index contributed by atoms with van der Waals surface area (Å²) in [5.74, 6) is 0. The van der Waals surface area contributed by atoms with Crippen molar-refractivity contribution in [3.05, 3.63) is 11.9 Å². The Morgan fingerprint density at radius 2 is 2.18 bits per heavy atom. The number of unbranched alkanes of at least 4 members (excludes halogenated alkanes) is 1. The number of nitrogens with zero attached hydrogens (tertiary/aromatic N) is 4. The average Bonchev–Trinajstić information content (AvgIpc) is 2.68. The van der Waals surface area contributed by atoms with Crippen LogP contribution in [0.15, 0.2) is 6.20 Å². The third-order valence-electron chi connectivity index (χ3n) is 2.95. The third kappa shape index (κ3) is 5.79. The quantitative estimate of drug-likeness (QED) is 0.688. The molecular weight excluding hydrogens is 214 g/mol. The molecule has 5 nitrogen and oxygen atoms in total. The van der Waals surface area contributed by atoms with Crippen LogP contribution in [0.2, 0.25) is 0 Å². The minimum atomic E-state index is 0.641. The van der Waals surface area contributed by atoms with Gasteiger partial charge in [-0.1, -0.05) is 5.21 Å². The van der Waals surface area contributed by atoms with Gasteiger partial charge >= 0.3 is 0 Å². The van der Waals surface area contributed by atoms with Gasteiger partial charge in [0.1, 0.15) is 0 Å². The molecule has 0 saturated heterocycles. The van der Waals surface area contributed by atoms with Crippen molar-refractivity contribution < 1.29 is 0 Å². The molecule has 1 rings (SSSR count). The first-order valence-electron chi connectivity index (χ1n) is 6.35. The maximum absolute atomic E-state index is 4.03. The van der Waals surface area contributed by atoms with Crippen molar-refractivity contribution in [3.63, 3.8) is 0 Å². The lowest BCUT2D eigenvalue weighted by Gasteiger charge is -2.20. The van der Waals surface area contributed by atoms with E-state index in [1.165, 1.54) is 19.4 Å². The summed E-state index contributed by atoms with van der Waals surface area (Å²) in [7, 11) is 4.07. The van der Waals surface area contributed by atoms with Crippen molar-refractivity contribution in [2.75, 3.05) is 20.1 Å². The van der Waals surface area contributed by atoms with Gasteiger partial charge in [-0.3, -0.25) is 4.68 Å². The molecule has 0 aromatic carbocycles. The van der Waals surface area contributed by atoms with E-state index in [1.54, 1.807) is 4.68 Å². The van der Waals surface area contributed by atoms with E-state index in [2.05, 4.69) is 41.4 Å². The molecule has 0 fully saturated rings. The maximum atomic E-state index is 4.03. The van der Waals surface area contributed by atoms with Crippen LogP contribution in [0.1, 0.15) is 32.4 Å². The lowest BCUT2D eigenvalue weighted by atomic mass is 10.2. The molecule has 1 aromatic rings. The molecule has 1 aromatic heterocycles. The molecule has 1 heterocycles. The molecule has 0 aliphatic rings. The van der Waals surface area contributed by atoms with E-state index in [-0.39, 0.29) is 0 Å². The largest absolute Gasteiger partial charge is 0.311 e. The van der Waals surface area contributed by atoms with Gasteiger partial charge in [0.15, 0.2) is 0 Å². The van der Waals surface area contributed by atoms with Gasteiger partial charge in [-0.05, 0) is 46.8 Å². The second-order valence-electron chi connectivity index (χ2n) is 4.84. The van der Waals surface area contributed by atoms with Crippen molar-refractivity contribution >= 4 is 0 Å². The first kappa shape index (κ1) is 14.1. The fourth-order valence-electron chi connectivity index (χ4n) is 1.56. The van der Waals surface area contributed by atoms with Crippen molar-refractivity contribution in [1.29, 1.82) is 0 Å². The number of rotatable bonds is 8. The Hall–Kier alpha value is -0.940. The van der Waals surface area contributed by atoms with Crippen LogP contribution in [0, 0.1) is 0 Å². The Bertz CT molecular complexity index is 308. The summed E-state index contributed by atoms with van der Waals surface area (Å²) in [4.78, 5) is 2.38. The lowest BCUT2D eigenvalue weighted by molar-refractivity contribution is 0.268. The molecule has 0 saturated carbocycles. The highest BCUT2D eigenvalue weighted by Crippen LogP contribution is 1.97. The molecular formula is C12H25N5. The zero-order valence-electron chi connectivity index (χ0n) is 11.5. The van der Waals surface area contributed by atoms with Crippen molar-refractivity contribution in [1.82, 2.24) is 25.2 Å².